The fraction of sp³-hybridized carbons (Fsp3) is 0.357. The average molecular weight is 308 g/mol. The predicted octanol–water partition coefficient (Wildman–Crippen LogP) is 3.60. The Bertz CT molecular complexity index is 541. The Morgan fingerprint density at radius 3 is 2.39 bits per heavy atom. The molecule has 18 heavy (non-hydrogen) atoms. The van der Waals surface area contributed by atoms with Gasteiger partial charge in [0, 0.05) is 15.7 Å². The van der Waals surface area contributed by atoms with Gasteiger partial charge in [-0.2, -0.15) is 0 Å². The molecule has 0 fully saturated rings. The Morgan fingerprint density at radius 1 is 1.22 bits per heavy atom. The van der Waals surface area contributed by atoms with E-state index in [0.29, 0.717) is 0 Å². The number of H-pyrrole nitrogens is 1. The molecule has 0 aliphatic heterocycles. The van der Waals surface area contributed by atoms with Gasteiger partial charge in [-0.05, 0) is 40.0 Å². The quantitative estimate of drug-likeness (QED) is 0.909. The number of nitrogens with zero attached hydrogens (tertiary/aromatic N) is 1. The predicted molar refractivity (Wildman–Crippen MR) is 78.5 cm³/mol. The summed E-state index contributed by atoms with van der Waals surface area (Å²) in [6, 6.07) is 8.21. The number of benzene rings is 1. The smallest absolute Gasteiger partial charge is 0.126 e. The van der Waals surface area contributed by atoms with Gasteiger partial charge < -0.3 is 10.3 Å². The van der Waals surface area contributed by atoms with Crippen molar-refractivity contribution < 1.29 is 0 Å². The van der Waals surface area contributed by atoms with Crippen molar-refractivity contribution in [2.75, 3.05) is 7.05 Å². The van der Waals surface area contributed by atoms with Crippen molar-refractivity contribution in [3.8, 4) is 11.3 Å². The monoisotopic (exact) mass is 307 g/mol. The third kappa shape index (κ3) is 2.49. The molecule has 1 aromatic carbocycles. The highest BCUT2D eigenvalue weighted by molar-refractivity contribution is 9.10. The van der Waals surface area contributed by atoms with Crippen LogP contribution in [0.2, 0.25) is 0 Å². The Balaban J connectivity index is 2.44. The van der Waals surface area contributed by atoms with E-state index < -0.39 is 0 Å². The van der Waals surface area contributed by atoms with E-state index in [0.717, 1.165) is 27.2 Å². The minimum atomic E-state index is -0.154. The first-order chi connectivity index (χ1) is 8.44. The van der Waals surface area contributed by atoms with E-state index in [1.54, 1.807) is 0 Å². The maximum Gasteiger partial charge on any atom is 0.126 e. The summed E-state index contributed by atoms with van der Waals surface area (Å²) in [5.74, 6) is 0.959. The van der Waals surface area contributed by atoms with Crippen LogP contribution in [0.5, 0.6) is 0 Å². The molecule has 0 unspecified atom stereocenters. The van der Waals surface area contributed by atoms with Crippen LogP contribution in [0.25, 0.3) is 11.3 Å². The van der Waals surface area contributed by atoms with Gasteiger partial charge >= 0.3 is 0 Å². The van der Waals surface area contributed by atoms with E-state index in [4.69, 9.17) is 4.98 Å². The minimum Gasteiger partial charge on any atom is -0.344 e. The van der Waals surface area contributed by atoms with E-state index in [-0.39, 0.29) is 5.54 Å². The Labute approximate surface area is 116 Å². The molecule has 0 aliphatic carbocycles. The van der Waals surface area contributed by atoms with Crippen LogP contribution >= 0.6 is 15.9 Å². The molecule has 3 nitrogen and oxygen atoms in total. The van der Waals surface area contributed by atoms with Crippen molar-refractivity contribution >= 4 is 15.9 Å². The van der Waals surface area contributed by atoms with Crippen molar-refractivity contribution in [3.63, 3.8) is 0 Å². The molecule has 1 heterocycles. The first-order valence-corrected chi connectivity index (χ1v) is 6.75. The molecule has 0 saturated heterocycles. The topological polar surface area (TPSA) is 40.7 Å². The summed E-state index contributed by atoms with van der Waals surface area (Å²) < 4.78 is 1.08. The van der Waals surface area contributed by atoms with E-state index in [9.17, 15) is 0 Å². The molecule has 4 heteroatoms. The number of aryl methyl sites for hydroxylation is 1. The molecule has 2 N–H and O–H groups in total. The van der Waals surface area contributed by atoms with Crippen LogP contribution in [0.4, 0.5) is 0 Å². The number of nitrogens with one attached hydrogen (secondary N) is 2. The standard InChI is InChI=1S/C14H18BrN3/c1-9-12(10-5-7-11(15)8-6-10)18-13(17-9)14(2,3)16-4/h5-8,16H,1-4H3,(H,17,18). The Kier molecular flexibility index (Phi) is 3.59. The largest absolute Gasteiger partial charge is 0.344 e. The van der Waals surface area contributed by atoms with E-state index in [1.807, 2.05) is 19.2 Å². The highest BCUT2D eigenvalue weighted by atomic mass is 79.9. The molecule has 0 bridgehead atoms. The lowest BCUT2D eigenvalue weighted by atomic mass is 10.1. The van der Waals surface area contributed by atoms with Crippen LogP contribution in [0.3, 0.4) is 0 Å². The molecule has 1 aromatic heterocycles. The zero-order valence-electron chi connectivity index (χ0n) is 11.1. The molecule has 0 amide bonds. The molecule has 0 saturated carbocycles. The zero-order valence-corrected chi connectivity index (χ0v) is 12.7. The number of rotatable bonds is 3. The summed E-state index contributed by atoms with van der Waals surface area (Å²) in [6.07, 6.45) is 0. The summed E-state index contributed by atoms with van der Waals surface area (Å²) in [7, 11) is 1.94. The number of imidazole rings is 1. The maximum absolute atomic E-state index is 4.72. The van der Waals surface area contributed by atoms with Crippen LogP contribution < -0.4 is 5.32 Å². The van der Waals surface area contributed by atoms with E-state index in [1.165, 1.54) is 0 Å². The Morgan fingerprint density at radius 2 is 1.83 bits per heavy atom. The highest BCUT2D eigenvalue weighted by Crippen LogP contribution is 2.26. The molecule has 0 aliphatic rings. The van der Waals surface area contributed by atoms with Gasteiger partial charge in [0.25, 0.3) is 0 Å². The van der Waals surface area contributed by atoms with E-state index >= 15 is 0 Å². The second kappa shape index (κ2) is 4.86. The highest BCUT2D eigenvalue weighted by Gasteiger charge is 2.23. The van der Waals surface area contributed by atoms with Gasteiger partial charge in [-0.3, -0.25) is 0 Å². The van der Waals surface area contributed by atoms with Crippen LogP contribution in [0.15, 0.2) is 28.7 Å². The van der Waals surface area contributed by atoms with E-state index in [2.05, 4.69) is 59.1 Å². The van der Waals surface area contributed by atoms with Gasteiger partial charge in [0.2, 0.25) is 0 Å². The lowest BCUT2D eigenvalue weighted by Crippen LogP contribution is -2.34. The molecule has 2 aromatic rings. The molecule has 0 atom stereocenters. The van der Waals surface area contributed by atoms with Gasteiger partial charge in [0.1, 0.15) is 5.82 Å². The van der Waals surface area contributed by atoms with Crippen LogP contribution in [-0.4, -0.2) is 17.0 Å². The molecule has 2 rings (SSSR count). The maximum atomic E-state index is 4.72. The number of hydrogen-bond donors (Lipinski definition) is 2. The average Bonchev–Trinajstić information content (AvgIpc) is 2.73. The van der Waals surface area contributed by atoms with Gasteiger partial charge in [-0.1, -0.05) is 28.1 Å². The van der Waals surface area contributed by atoms with Crippen molar-refractivity contribution in [1.29, 1.82) is 0 Å². The lowest BCUT2D eigenvalue weighted by molar-refractivity contribution is 0.420. The fourth-order valence-corrected chi connectivity index (χ4v) is 2.03. The van der Waals surface area contributed by atoms with Gasteiger partial charge in [-0.15, -0.1) is 0 Å². The van der Waals surface area contributed by atoms with Gasteiger partial charge in [0.15, 0.2) is 0 Å². The molecule has 0 spiro atoms. The van der Waals surface area contributed by atoms with Crippen molar-refractivity contribution in [3.05, 3.63) is 40.3 Å². The summed E-state index contributed by atoms with van der Waals surface area (Å²) in [5, 5.41) is 3.26. The summed E-state index contributed by atoms with van der Waals surface area (Å²) in [5.41, 5.74) is 3.08. The van der Waals surface area contributed by atoms with Crippen LogP contribution in [0, 0.1) is 6.92 Å². The van der Waals surface area contributed by atoms with Gasteiger partial charge in [0.05, 0.1) is 11.2 Å². The molecular formula is C14H18BrN3. The third-order valence-electron chi connectivity index (χ3n) is 3.22. The molecule has 0 radical (unpaired) electrons. The summed E-state index contributed by atoms with van der Waals surface area (Å²) in [4.78, 5) is 8.08. The SMILES string of the molecule is CNC(C)(C)c1nc(-c2ccc(Br)cc2)c(C)[nH]1. The first kappa shape index (κ1) is 13.3. The number of aromatic nitrogens is 2. The number of halogens is 1. The Hall–Kier alpha value is -1.13. The van der Waals surface area contributed by atoms with Gasteiger partial charge in [-0.25, -0.2) is 4.98 Å². The second-order valence-corrected chi connectivity index (χ2v) is 5.86. The normalized spacial score (nSPS) is 11.8. The lowest BCUT2D eigenvalue weighted by Gasteiger charge is -2.20. The number of hydrogen-bond acceptors (Lipinski definition) is 2. The minimum absolute atomic E-state index is 0.154. The number of aromatic amines is 1. The van der Waals surface area contributed by atoms with Crippen LogP contribution in [-0.2, 0) is 5.54 Å². The third-order valence-corrected chi connectivity index (χ3v) is 3.75. The first-order valence-electron chi connectivity index (χ1n) is 5.96. The van der Waals surface area contributed by atoms with Crippen molar-refractivity contribution in [2.24, 2.45) is 0 Å². The van der Waals surface area contributed by atoms with Crippen LogP contribution in [0.1, 0.15) is 25.4 Å². The molecular weight excluding hydrogens is 290 g/mol. The zero-order chi connectivity index (χ0) is 13.3. The second-order valence-electron chi connectivity index (χ2n) is 4.94. The van der Waals surface area contributed by atoms with Crippen molar-refractivity contribution in [1.82, 2.24) is 15.3 Å². The van der Waals surface area contributed by atoms with Crippen molar-refractivity contribution in [2.45, 2.75) is 26.3 Å². The fourth-order valence-electron chi connectivity index (χ4n) is 1.76. The molecule has 96 valence electrons. The summed E-state index contributed by atoms with van der Waals surface area (Å²) in [6.45, 7) is 6.27. The summed E-state index contributed by atoms with van der Waals surface area (Å²) >= 11 is 3.45.